The van der Waals surface area contributed by atoms with Crippen molar-refractivity contribution in [1.29, 1.82) is 0 Å². The Morgan fingerprint density at radius 2 is 2.13 bits per heavy atom. The maximum Gasteiger partial charge on any atom is 0.106 e. The SMILES string of the molecule is CC(C)Cc1cnc(CCC(C)(C)N)[nH]1. The van der Waals surface area contributed by atoms with E-state index in [1.807, 2.05) is 20.0 Å². The van der Waals surface area contributed by atoms with Gasteiger partial charge in [0.25, 0.3) is 0 Å². The van der Waals surface area contributed by atoms with Crippen LogP contribution in [0.3, 0.4) is 0 Å². The fraction of sp³-hybridized carbons (Fsp3) is 0.750. The zero-order valence-electron chi connectivity index (χ0n) is 10.3. The quantitative estimate of drug-likeness (QED) is 0.781. The van der Waals surface area contributed by atoms with E-state index in [2.05, 4.69) is 23.8 Å². The van der Waals surface area contributed by atoms with Gasteiger partial charge in [-0.1, -0.05) is 13.8 Å². The Kier molecular flexibility index (Phi) is 3.91. The molecule has 0 saturated carbocycles. The molecule has 0 saturated heterocycles. The molecule has 1 heterocycles. The molecule has 0 atom stereocenters. The van der Waals surface area contributed by atoms with Crippen molar-refractivity contribution in [3.05, 3.63) is 17.7 Å². The van der Waals surface area contributed by atoms with Gasteiger partial charge in [-0.25, -0.2) is 4.98 Å². The van der Waals surface area contributed by atoms with Gasteiger partial charge in [-0.05, 0) is 32.6 Å². The average Bonchev–Trinajstić information content (AvgIpc) is 2.46. The van der Waals surface area contributed by atoms with Crippen molar-refractivity contribution < 1.29 is 0 Å². The Balaban J connectivity index is 2.46. The molecule has 0 aliphatic rings. The molecule has 0 unspecified atom stereocenters. The highest BCUT2D eigenvalue weighted by molar-refractivity contribution is 5.02. The predicted octanol–water partition coefficient (Wildman–Crippen LogP) is 2.28. The van der Waals surface area contributed by atoms with Gasteiger partial charge in [0, 0.05) is 23.9 Å². The number of aryl methyl sites for hydroxylation is 1. The van der Waals surface area contributed by atoms with Crippen LogP contribution in [-0.4, -0.2) is 15.5 Å². The number of aromatic nitrogens is 2. The molecular weight excluding hydrogens is 186 g/mol. The van der Waals surface area contributed by atoms with Gasteiger partial charge in [-0.3, -0.25) is 0 Å². The molecule has 3 heteroatoms. The van der Waals surface area contributed by atoms with Crippen molar-refractivity contribution >= 4 is 0 Å². The van der Waals surface area contributed by atoms with Gasteiger partial charge < -0.3 is 10.7 Å². The standard InChI is InChI=1S/C12H23N3/c1-9(2)7-10-8-14-11(15-10)5-6-12(3,4)13/h8-9H,5-7,13H2,1-4H3,(H,14,15). The summed E-state index contributed by atoms with van der Waals surface area (Å²) in [5.41, 5.74) is 7.05. The lowest BCUT2D eigenvalue weighted by atomic mass is 10.0. The van der Waals surface area contributed by atoms with Crippen LogP contribution in [0.5, 0.6) is 0 Å². The third-order valence-electron chi connectivity index (χ3n) is 2.32. The van der Waals surface area contributed by atoms with Crippen LogP contribution in [-0.2, 0) is 12.8 Å². The Labute approximate surface area is 92.5 Å². The first-order chi connectivity index (χ1) is 6.87. The highest BCUT2D eigenvalue weighted by Crippen LogP contribution is 2.10. The third kappa shape index (κ3) is 4.98. The number of aromatic amines is 1. The van der Waals surface area contributed by atoms with Crippen LogP contribution < -0.4 is 5.73 Å². The monoisotopic (exact) mass is 209 g/mol. The predicted molar refractivity (Wildman–Crippen MR) is 63.7 cm³/mol. The molecule has 15 heavy (non-hydrogen) atoms. The van der Waals surface area contributed by atoms with E-state index in [9.17, 15) is 0 Å². The largest absolute Gasteiger partial charge is 0.346 e. The van der Waals surface area contributed by atoms with Crippen molar-refractivity contribution in [3.8, 4) is 0 Å². The molecule has 1 aromatic rings. The molecule has 0 fully saturated rings. The molecule has 0 aliphatic heterocycles. The summed E-state index contributed by atoms with van der Waals surface area (Å²) in [6.07, 6.45) is 4.90. The minimum absolute atomic E-state index is 0.106. The Morgan fingerprint density at radius 3 is 2.67 bits per heavy atom. The van der Waals surface area contributed by atoms with E-state index in [-0.39, 0.29) is 5.54 Å². The van der Waals surface area contributed by atoms with Crippen LogP contribution >= 0.6 is 0 Å². The second-order valence-electron chi connectivity index (χ2n) is 5.44. The van der Waals surface area contributed by atoms with Gasteiger partial charge >= 0.3 is 0 Å². The second kappa shape index (κ2) is 4.79. The van der Waals surface area contributed by atoms with E-state index in [1.165, 1.54) is 5.69 Å². The molecule has 86 valence electrons. The van der Waals surface area contributed by atoms with Crippen molar-refractivity contribution in [2.45, 2.75) is 52.5 Å². The molecule has 3 nitrogen and oxygen atoms in total. The normalized spacial score (nSPS) is 12.4. The van der Waals surface area contributed by atoms with Crippen molar-refractivity contribution in [1.82, 2.24) is 9.97 Å². The number of imidazole rings is 1. The fourth-order valence-electron chi connectivity index (χ4n) is 1.52. The number of hydrogen-bond donors (Lipinski definition) is 2. The highest BCUT2D eigenvalue weighted by atomic mass is 14.9. The smallest absolute Gasteiger partial charge is 0.106 e. The first kappa shape index (κ1) is 12.2. The Morgan fingerprint density at radius 1 is 1.47 bits per heavy atom. The van der Waals surface area contributed by atoms with Gasteiger partial charge in [-0.2, -0.15) is 0 Å². The van der Waals surface area contributed by atoms with E-state index < -0.39 is 0 Å². The summed E-state index contributed by atoms with van der Waals surface area (Å²) in [5, 5.41) is 0. The number of nitrogens with one attached hydrogen (secondary N) is 1. The zero-order valence-corrected chi connectivity index (χ0v) is 10.3. The summed E-state index contributed by atoms with van der Waals surface area (Å²) >= 11 is 0. The third-order valence-corrected chi connectivity index (χ3v) is 2.32. The van der Waals surface area contributed by atoms with Crippen LogP contribution in [0.4, 0.5) is 0 Å². The summed E-state index contributed by atoms with van der Waals surface area (Å²) in [4.78, 5) is 7.71. The van der Waals surface area contributed by atoms with Crippen LogP contribution in [0.2, 0.25) is 0 Å². The van der Waals surface area contributed by atoms with Crippen molar-refractivity contribution in [3.63, 3.8) is 0 Å². The molecule has 0 amide bonds. The summed E-state index contributed by atoms with van der Waals surface area (Å²) in [7, 11) is 0. The molecule has 0 radical (unpaired) electrons. The average molecular weight is 209 g/mol. The molecule has 0 spiro atoms. The maximum atomic E-state index is 5.93. The molecule has 0 aliphatic carbocycles. The topological polar surface area (TPSA) is 54.7 Å². The Bertz CT molecular complexity index is 294. The first-order valence-corrected chi connectivity index (χ1v) is 5.68. The van der Waals surface area contributed by atoms with Crippen LogP contribution in [0.25, 0.3) is 0 Å². The molecule has 1 aromatic heterocycles. The number of nitrogens with two attached hydrogens (primary N) is 1. The molecular formula is C12H23N3. The highest BCUT2D eigenvalue weighted by Gasteiger charge is 2.11. The Hall–Kier alpha value is -0.830. The summed E-state index contributed by atoms with van der Waals surface area (Å²) in [5.74, 6) is 1.73. The molecule has 0 bridgehead atoms. The van der Waals surface area contributed by atoms with Crippen LogP contribution in [0, 0.1) is 5.92 Å². The summed E-state index contributed by atoms with van der Waals surface area (Å²) < 4.78 is 0. The zero-order chi connectivity index (χ0) is 11.5. The molecule has 1 rings (SSSR count). The van der Waals surface area contributed by atoms with Crippen molar-refractivity contribution in [2.75, 3.05) is 0 Å². The minimum atomic E-state index is -0.106. The number of rotatable bonds is 5. The summed E-state index contributed by atoms with van der Waals surface area (Å²) in [6, 6.07) is 0. The van der Waals surface area contributed by atoms with Gasteiger partial charge in [0.15, 0.2) is 0 Å². The van der Waals surface area contributed by atoms with Crippen LogP contribution in [0.1, 0.15) is 45.6 Å². The van der Waals surface area contributed by atoms with Gasteiger partial charge in [0.05, 0.1) is 0 Å². The lowest BCUT2D eigenvalue weighted by molar-refractivity contribution is 0.471. The molecule has 0 aromatic carbocycles. The fourth-order valence-corrected chi connectivity index (χ4v) is 1.52. The van der Waals surface area contributed by atoms with Gasteiger partial charge in [-0.15, -0.1) is 0 Å². The summed E-state index contributed by atoms with van der Waals surface area (Å²) in [6.45, 7) is 8.52. The molecule has 3 N–H and O–H groups in total. The van der Waals surface area contributed by atoms with E-state index in [4.69, 9.17) is 5.73 Å². The lowest BCUT2D eigenvalue weighted by Crippen LogP contribution is -2.32. The maximum absolute atomic E-state index is 5.93. The van der Waals surface area contributed by atoms with Crippen molar-refractivity contribution in [2.24, 2.45) is 11.7 Å². The van der Waals surface area contributed by atoms with E-state index in [0.717, 1.165) is 25.1 Å². The second-order valence-corrected chi connectivity index (χ2v) is 5.44. The van der Waals surface area contributed by atoms with E-state index in [1.54, 1.807) is 0 Å². The minimum Gasteiger partial charge on any atom is -0.346 e. The number of hydrogen-bond acceptors (Lipinski definition) is 2. The van der Waals surface area contributed by atoms with E-state index >= 15 is 0 Å². The number of H-pyrrole nitrogens is 1. The number of nitrogens with zero attached hydrogens (tertiary/aromatic N) is 1. The lowest BCUT2D eigenvalue weighted by Gasteiger charge is -2.16. The van der Waals surface area contributed by atoms with Gasteiger partial charge in [0.2, 0.25) is 0 Å². The van der Waals surface area contributed by atoms with Crippen LogP contribution in [0.15, 0.2) is 6.20 Å². The van der Waals surface area contributed by atoms with E-state index in [0.29, 0.717) is 5.92 Å². The van der Waals surface area contributed by atoms with Gasteiger partial charge in [0.1, 0.15) is 5.82 Å². The first-order valence-electron chi connectivity index (χ1n) is 5.68.